The molecule has 12 aromatic carbocycles. The minimum atomic E-state index is 0.926. The molecule has 0 bridgehead atoms. The summed E-state index contributed by atoms with van der Waals surface area (Å²) in [6.07, 6.45) is 0. The van der Waals surface area contributed by atoms with Gasteiger partial charge in [-0.05, 0) is 141 Å². The number of hydrogen-bond donors (Lipinski definition) is 0. The summed E-state index contributed by atoms with van der Waals surface area (Å²) in [6.45, 7) is 0. The van der Waals surface area contributed by atoms with Gasteiger partial charge in [0, 0.05) is 30.9 Å². The number of rotatable bonds is 4. The second-order valence-electron chi connectivity index (χ2n) is 17.1. The zero-order valence-corrected chi connectivity index (χ0v) is 35.4. The number of hydrogen-bond acceptors (Lipinski definition) is 2. The molecule has 0 aliphatic heterocycles. The SMILES string of the molecule is c1ccc2cc(-c3ccc(-c4c5ccccc5c(-c5ccc(-c6ccc7cc8oc9cc%10c(cc9c8cc7c6)sc6ccccc6%10)c6ccccc56)c5ccccc45)cc3)ccc2c1. The van der Waals surface area contributed by atoms with Crippen molar-refractivity contribution in [2.24, 2.45) is 0 Å². The van der Waals surface area contributed by atoms with E-state index in [9.17, 15) is 0 Å². The quantitative estimate of drug-likeness (QED) is 0.161. The molecule has 0 saturated carbocycles. The Hall–Kier alpha value is -8.04. The zero-order chi connectivity index (χ0) is 41.9. The van der Waals surface area contributed by atoms with Gasteiger partial charge in [0.25, 0.3) is 0 Å². The van der Waals surface area contributed by atoms with Crippen LogP contribution in [0.25, 0.3) is 140 Å². The highest BCUT2D eigenvalue weighted by Gasteiger charge is 2.20. The van der Waals surface area contributed by atoms with Crippen molar-refractivity contribution in [1.82, 2.24) is 0 Å². The van der Waals surface area contributed by atoms with Crippen LogP contribution in [0.2, 0.25) is 0 Å². The fourth-order valence-corrected chi connectivity index (χ4v) is 11.7. The van der Waals surface area contributed by atoms with Gasteiger partial charge in [0.15, 0.2) is 0 Å². The molecule has 0 fully saturated rings. The van der Waals surface area contributed by atoms with Gasteiger partial charge in [0.1, 0.15) is 11.2 Å². The van der Waals surface area contributed by atoms with Gasteiger partial charge in [0.2, 0.25) is 0 Å². The van der Waals surface area contributed by atoms with E-state index < -0.39 is 0 Å². The molecule has 2 heterocycles. The van der Waals surface area contributed by atoms with Gasteiger partial charge < -0.3 is 4.42 Å². The van der Waals surface area contributed by atoms with Crippen molar-refractivity contribution in [1.29, 1.82) is 0 Å². The molecule has 2 heteroatoms. The van der Waals surface area contributed by atoms with E-state index in [1.807, 2.05) is 11.3 Å². The Labute approximate surface area is 372 Å². The van der Waals surface area contributed by atoms with Crippen molar-refractivity contribution in [3.8, 4) is 44.5 Å². The van der Waals surface area contributed by atoms with Crippen LogP contribution >= 0.6 is 11.3 Å². The molecular formula is C62H36OS. The maximum Gasteiger partial charge on any atom is 0.136 e. The largest absolute Gasteiger partial charge is 0.456 e. The highest BCUT2D eigenvalue weighted by atomic mass is 32.1. The third kappa shape index (κ3) is 5.36. The molecule has 1 nitrogen and oxygen atoms in total. The average molecular weight is 829 g/mol. The predicted molar refractivity (Wildman–Crippen MR) is 276 cm³/mol. The predicted octanol–water partition coefficient (Wildman–Crippen LogP) is 18.4. The van der Waals surface area contributed by atoms with Gasteiger partial charge in [-0.1, -0.05) is 176 Å². The third-order valence-corrected chi connectivity index (χ3v) is 14.8. The minimum Gasteiger partial charge on any atom is -0.456 e. The van der Waals surface area contributed by atoms with Crippen LogP contribution in [-0.2, 0) is 0 Å². The standard InChI is InChI=1S/C62H36OS/c1-2-12-40-31-41(26-23-37(40)11-1)38-21-24-39(25-22-38)61-49-16-5-7-18-51(49)62(52-19-8-6-17-50(52)61)53-30-29-45(46-13-3-4-14-47(46)53)43-28-27-42-34-57-54(33-44(42)32-43)55-36-60-56(35-58(55)63-57)48-15-9-10-20-59(48)64-60/h1-36H. The fourth-order valence-electron chi connectivity index (χ4n) is 10.6. The minimum absolute atomic E-state index is 0.926. The van der Waals surface area contributed by atoms with Crippen LogP contribution in [0, 0.1) is 0 Å². The molecule has 0 atom stereocenters. The normalized spacial score (nSPS) is 12.1. The molecule has 2 aromatic heterocycles. The lowest BCUT2D eigenvalue weighted by molar-refractivity contribution is 0.670. The number of benzene rings is 12. The van der Waals surface area contributed by atoms with Gasteiger partial charge in [-0.3, -0.25) is 0 Å². The van der Waals surface area contributed by atoms with Gasteiger partial charge in [-0.25, -0.2) is 0 Å². The summed E-state index contributed by atoms with van der Waals surface area (Å²) in [7, 11) is 0. The van der Waals surface area contributed by atoms with Gasteiger partial charge in [0.05, 0.1) is 0 Å². The summed E-state index contributed by atoms with van der Waals surface area (Å²) in [5.74, 6) is 0. The molecule has 0 N–H and O–H groups in total. The van der Waals surface area contributed by atoms with Crippen LogP contribution in [0.4, 0.5) is 0 Å². The first kappa shape index (κ1) is 35.5. The zero-order valence-electron chi connectivity index (χ0n) is 34.6. The Morgan fingerprint density at radius 2 is 0.766 bits per heavy atom. The van der Waals surface area contributed by atoms with Crippen LogP contribution in [-0.4, -0.2) is 0 Å². The lowest BCUT2D eigenvalue weighted by Crippen LogP contribution is -1.92. The highest BCUT2D eigenvalue weighted by molar-refractivity contribution is 7.25. The molecule has 0 aliphatic carbocycles. The summed E-state index contributed by atoms with van der Waals surface area (Å²) in [5, 5.41) is 17.3. The van der Waals surface area contributed by atoms with Crippen molar-refractivity contribution < 1.29 is 4.42 Å². The highest BCUT2D eigenvalue weighted by Crippen LogP contribution is 2.47. The molecule has 0 spiro atoms. The molecule has 14 aromatic rings. The number of furan rings is 1. The average Bonchev–Trinajstić information content (AvgIpc) is 3.90. The van der Waals surface area contributed by atoms with E-state index in [2.05, 4.69) is 218 Å². The van der Waals surface area contributed by atoms with Crippen LogP contribution < -0.4 is 0 Å². The molecule has 296 valence electrons. The van der Waals surface area contributed by atoms with Crippen molar-refractivity contribution in [3.05, 3.63) is 218 Å². The summed E-state index contributed by atoms with van der Waals surface area (Å²) in [6, 6.07) is 80.7. The molecule has 0 saturated heterocycles. The van der Waals surface area contributed by atoms with Crippen molar-refractivity contribution in [2.45, 2.75) is 0 Å². The Balaban J connectivity index is 0.906. The Kier molecular flexibility index (Phi) is 7.63. The molecule has 0 radical (unpaired) electrons. The lowest BCUT2D eigenvalue weighted by Gasteiger charge is -2.20. The van der Waals surface area contributed by atoms with Gasteiger partial charge in [-0.2, -0.15) is 0 Å². The monoisotopic (exact) mass is 828 g/mol. The van der Waals surface area contributed by atoms with Crippen LogP contribution in [0.15, 0.2) is 223 Å². The summed E-state index contributed by atoms with van der Waals surface area (Å²) < 4.78 is 9.14. The van der Waals surface area contributed by atoms with Crippen molar-refractivity contribution in [3.63, 3.8) is 0 Å². The number of fused-ring (bicyclic) bond motifs is 11. The Bertz CT molecular complexity index is 4190. The fraction of sp³-hybridized carbons (Fsp3) is 0. The molecule has 14 rings (SSSR count). The van der Waals surface area contributed by atoms with Crippen LogP contribution in [0.1, 0.15) is 0 Å². The summed E-state index contributed by atoms with van der Waals surface area (Å²) in [4.78, 5) is 0. The van der Waals surface area contributed by atoms with E-state index in [4.69, 9.17) is 4.42 Å². The third-order valence-electron chi connectivity index (χ3n) is 13.6. The summed E-state index contributed by atoms with van der Waals surface area (Å²) in [5.41, 5.74) is 11.7. The smallest absolute Gasteiger partial charge is 0.136 e. The molecule has 64 heavy (non-hydrogen) atoms. The van der Waals surface area contributed by atoms with E-state index in [1.165, 1.54) is 124 Å². The second-order valence-corrected chi connectivity index (χ2v) is 18.2. The van der Waals surface area contributed by atoms with Crippen LogP contribution in [0.3, 0.4) is 0 Å². The van der Waals surface area contributed by atoms with E-state index in [-0.39, 0.29) is 0 Å². The van der Waals surface area contributed by atoms with Gasteiger partial charge >= 0.3 is 0 Å². The first-order chi connectivity index (χ1) is 31.7. The van der Waals surface area contributed by atoms with E-state index in [0.717, 1.165) is 16.6 Å². The molecule has 0 unspecified atom stereocenters. The summed E-state index contributed by atoms with van der Waals surface area (Å²) >= 11 is 1.85. The van der Waals surface area contributed by atoms with Crippen molar-refractivity contribution >= 4 is 107 Å². The first-order valence-electron chi connectivity index (χ1n) is 22.0. The maximum absolute atomic E-state index is 6.55. The lowest BCUT2D eigenvalue weighted by atomic mass is 9.83. The van der Waals surface area contributed by atoms with E-state index >= 15 is 0 Å². The molecule has 0 aliphatic rings. The maximum atomic E-state index is 6.55. The second kappa shape index (κ2) is 13.7. The van der Waals surface area contributed by atoms with E-state index in [0.29, 0.717) is 0 Å². The Morgan fingerprint density at radius 1 is 0.250 bits per heavy atom. The Morgan fingerprint density at radius 3 is 1.53 bits per heavy atom. The first-order valence-corrected chi connectivity index (χ1v) is 22.8. The molecular weight excluding hydrogens is 793 g/mol. The van der Waals surface area contributed by atoms with Gasteiger partial charge in [-0.15, -0.1) is 11.3 Å². The van der Waals surface area contributed by atoms with Crippen LogP contribution in [0.5, 0.6) is 0 Å². The number of thiophene rings is 1. The van der Waals surface area contributed by atoms with Crippen molar-refractivity contribution in [2.75, 3.05) is 0 Å². The van der Waals surface area contributed by atoms with E-state index in [1.54, 1.807) is 0 Å². The molecule has 0 amide bonds. The topological polar surface area (TPSA) is 13.1 Å².